The fourth-order valence-electron chi connectivity index (χ4n) is 1.55. The molecule has 1 rings (SSSR count). The van der Waals surface area contributed by atoms with Gasteiger partial charge in [0.05, 0.1) is 22.0 Å². The molecule has 0 unspecified atom stereocenters. The largest absolute Gasteiger partial charge is 0.478 e. The minimum Gasteiger partial charge on any atom is -0.478 e. The van der Waals surface area contributed by atoms with Crippen molar-refractivity contribution >= 4 is 33.5 Å². The number of carboxylic acid groups (broad SMARTS) is 1. The van der Waals surface area contributed by atoms with Crippen molar-refractivity contribution in [2.75, 3.05) is 20.1 Å². The monoisotopic (exact) mass is 334 g/mol. The van der Waals surface area contributed by atoms with E-state index in [0.29, 0.717) is 6.54 Å². The molecule has 0 atom stereocenters. The summed E-state index contributed by atoms with van der Waals surface area (Å²) in [6, 6.07) is 3.35. The lowest BCUT2D eigenvalue weighted by molar-refractivity contribution is -0.121. The van der Waals surface area contributed by atoms with E-state index in [1.54, 1.807) is 6.92 Å². The van der Waals surface area contributed by atoms with E-state index in [1.165, 1.54) is 19.2 Å². The third-order valence-electron chi connectivity index (χ3n) is 2.62. The smallest absolute Gasteiger partial charge is 0.337 e. The van der Waals surface area contributed by atoms with Crippen LogP contribution in [0.1, 0.15) is 17.3 Å². The Hall–Kier alpha value is -1.64. The number of nitrogens with one attached hydrogen (secondary N) is 1. The fraction of sp³-hybridized carbons (Fsp3) is 0.333. The molecule has 116 valence electrons. The van der Waals surface area contributed by atoms with Gasteiger partial charge in [-0.3, -0.25) is 4.79 Å². The van der Waals surface area contributed by atoms with Gasteiger partial charge in [0.25, 0.3) is 0 Å². The Bertz CT molecular complexity index is 660. The first-order chi connectivity index (χ1) is 9.70. The van der Waals surface area contributed by atoms with Gasteiger partial charge < -0.3 is 10.4 Å². The lowest BCUT2D eigenvalue weighted by Gasteiger charge is -2.17. The summed E-state index contributed by atoms with van der Waals surface area (Å²) in [7, 11) is -2.74. The van der Waals surface area contributed by atoms with Crippen LogP contribution in [0.2, 0.25) is 5.02 Å². The molecule has 9 heteroatoms. The molecular weight excluding hydrogens is 320 g/mol. The lowest BCUT2D eigenvalue weighted by atomic mass is 10.2. The average molecular weight is 335 g/mol. The topological polar surface area (TPSA) is 104 Å². The highest BCUT2D eigenvalue weighted by Crippen LogP contribution is 2.22. The summed E-state index contributed by atoms with van der Waals surface area (Å²) in [5, 5.41) is 11.4. The number of carbonyl (C=O) groups is 2. The van der Waals surface area contributed by atoms with E-state index in [9.17, 15) is 18.0 Å². The van der Waals surface area contributed by atoms with Crippen molar-refractivity contribution in [3.63, 3.8) is 0 Å². The second kappa shape index (κ2) is 6.88. The Kier molecular flexibility index (Phi) is 5.70. The molecule has 1 aromatic carbocycles. The molecule has 0 aliphatic carbocycles. The van der Waals surface area contributed by atoms with Gasteiger partial charge in [0, 0.05) is 13.6 Å². The van der Waals surface area contributed by atoms with Crippen molar-refractivity contribution in [3.8, 4) is 0 Å². The Morgan fingerprint density at radius 2 is 2.00 bits per heavy atom. The molecule has 21 heavy (non-hydrogen) atoms. The number of likely N-dealkylation sites (N-methyl/N-ethyl adjacent to an activating group) is 2. The van der Waals surface area contributed by atoms with Crippen LogP contribution in [-0.4, -0.2) is 49.8 Å². The molecule has 1 aromatic rings. The Balaban J connectivity index is 3.10. The lowest BCUT2D eigenvalue weighted by Crippen LogP contribution is -2.38. The number of carbonyl (C=O) groups excluding carboxylic acids is 1. The summed E-state index contributed by atoms with van der Waals surface area (Å²) < 4.78 is 25.4. The normalized spacial score (nSPS) is 11.4. The Morgan fingerprint density at radius 3 is 2.52 bits per heavy atom. The maximum absolute atomic E-state index is 12.3. The molecule has 0 spiro atoms. The highest BCUT2D eigenvalue weighted by molar-refractivity contribution is 7.89. The zero-order valence-corrected chi connectivity index (χ0v) is 13.0. The summed E-state index contributed by atoms with van der Waals surface area (Å²) in [6.45, 7) is 1.74. The molecule has 2 N–H and O–H groups in total. The van der Waals surface area contributed by atoms with Gasteiger partial charge in [-0.1, -0.05) is 11.6 Å². The van der Waals surface area contributed by atoms with Gasteiger partial charge in [-0.15, -0.1) is 0 Å². The number of nitrogens with zero attached hydrogens (tertiary/aromatic N) is 1. The number of rotatable bonds is 6. The number of hydrogen-bond donors (Lipinski definition) is 2. The van der Waals surface area contributed by atoms with Crippen LogP contribution in [0.5, 0.6) is 0 Å². The number of carboxylic acids is 1. The number of sulfonamides is 1. The molecule has 7 nitrogen and oxygen atoms in total. The van der Waals surface area contributed by atoms with E-state index in [1.807, 2.05) is 0 Å². The van der Waals surface area contributed by atoms with Crippen molar-refractivity contribution in [3.05, 3.63) is 28.8 Å². The molecular formula is C12H15ClN2O5S. The summed E-state index contributed by atoms with van der Waals surface area (Å²) >= 11 is 5.69. The van der Waals surface area contributed by atoms with E-state index in [4.69, 9.17) is 16.7 Å². The van der Waals surface area contributed by atoms with Crippen molar-refractivity contribution in [2.24, 2.45) is 0 Å². The SMILES string of the molecule is CCNC(=O)CN(C)S(=O)(=O)c1ccc(Cl)c(C(=O)O)c1. The average Bonchev–Trinajstić information content (AvgIpc) is 2.38. The third-order valence-corrected chi connectivity index (χ3v) is 4.75. The molecule has 0 heterocycles. The quantitative estimate of drug-likeness (QED) is 0.800. The van der Waals surface area contributed by atoms with Crippen molar-refractivity contribution < 1.29 is 23.1 Å². The molecule has 0 saturated carbocycles. The molecule has 0 bridgehead atoms. The third kappa shape index (κ3) is 4.16. The van der Waals surface area contributed by atoms with Gasteiger partial charge in [-0.05, 0) is 25.1 Å². The zero-order chi connectivity index (χ0) is 16.2. The summed E-state index contributed by atoms with van der Waals surface area (Å²) in [6.07, 6.45) is 0. The first-order valence-corrected chi connectivity index (χ1v) is 7.77. The number of halogens is 1. The summed E-state index contributed by atoms with van der Waals surface area (Å²) in [4.78, 5) is 22.2. The van der Waals surface area contributed by atoms with Crippen molar-refractivity contribution in [2.45, 2.75) is 11.8 Å². The van der Waals surface area contributed by atoms with Crippen molar-refractivity contribution in [1.29, 1.82) is 0 Å². The minimum absolute atomic E-state index is 0.0622. The standard InChI is InChI=1S/C12H15ClN2O5S/c1-3-14-11(16)7-15(2)21(19,20)8-4-5-10(13)9(6-8)12(17)18/h4-6H,3,7H2,1-2H3,(H,14,16)(H,17,18). The number of hydrogen-bond acceptors (Lipinski definition) is 4. The van der Waals surface area contributed by atoms with Crippen LogP contribution in [0.15, 0.2) is 23.1 Å². The number of amides is 1. The van der Waals surface area contributed by atoms with Gasteiger partial charge in [0.15, 0.2) is 0 Å². The Labute approximate surface area is 127 Å². The molecule has 1 amide bonds. The van der Waals surface area contributed by atoms with Gasteiger partial charge >= 0.3 is 5.97 Å². The zero-order valence-electron chi connectivity index (χ0n) is 11.5. The first kappa shape index (κ1) is 17.4. The van der Waals surface area contributed by atoms with E-state index < -0.39 is 21.9 Å². The van der Waals surface area contributed by atoms with Crippen LogP contribution in [-0.2, 0) is 14.8 Å². The maximum atomic E-state index is 12.3. The maximum Gasteiger partial charge on any atom is 0.337 e. The van der Waals surface area contributed by atoms with E-state index in [0.717, 1.165) is 10.4 Å². The second-order valence-electron chi connectivity index (χ2n) is 4.16. The van der Waals surface area contributed by atoms with Gasteiger partial charge in [-0.2, -0.15) is 4.31 Å². The van der Waals surface area contributed by atoms with Crippen molar-refractivity contribution in [1.82, 2.24) is 9.62 Å². The van der Waals surface area contributed by atoms with E-state index in [2.05, 4.69) is 5.32 Å². The molecule has 0 saturated heterocycles. The van der Waals surface area contributed by atoms with Crippen LogP contribution in [0, 0.1) is 0 Å². The van der Waals surface area contributed by atoms with Gasteiger partial charge in [0.2, 0.25) is 15.9 Å². The fourth-order valence-corrected chi connectivity index (χ4v) is 2.90. The van der Waals surface area contributed by atoms with Gasteiger partial charge in [0.1, 0.15) is 0 Å². The minimum atomic E-state index is -3.97. The van der Waals surface area contributed by atoms with Crippen LogP contribution in [0.25, 0.3) is 0 Å². The molecule has 0 aromatic heterocycles. The van der Waals surface area contributed by atoms with E-state index in [-0.39, 0.29) is 22.0 Å². The number of benzene rings is 1. The first-order valence-electron chi connectivity index (χ1n) is 5.96. The summed E-state index contributed by atoms with van der Waals surface area (Å²) in [5.74, 6) is -1.78. The molecule has 0 radical (unpaired) electrons. The number of aromatic carboxylic acids is 1. The predicted molar refractivity (Wildman–Crippen MR) is 76.9 cm³/mol. The highest BCUT2D eigenvalue weighted by Gasteiger charge is 2.24. The second-order valence-corrected chi connectivity index (χ2v) is 6.61. The summed E-state index contributed by atoms with van der Waals surface area (Å²) in [5.41, 5.74) is -0.316. The predicted octanol–water partition coefficient (Wildman–Crippen LogP) is 0.795. The molecule has 0 aliphatic rings. The van der Waals surface area contributed by atoms with Crippen LogP contribution < -0.4 is 5.32 Å². The van der Waals surface area contributed by atoms with Gasteiger partial charge in [-0.25, -0.2) is 13.2 Å². The van der Waals surface area contributed by atoms with Crippen LogP contribution in [0.4, 0.5) is 0 Å². The highest BCUT2D eigenvalue weighted by atomic mass is 35.5. The van der Waals surface area contributed by atoms with Crippen LogP contribution >= 0.6 is 11.6 Å². The van der Waals surface area contributed by atoms with E-state index >= 15 is 0 Å². The Morgan fingerprint density at radius 1 is 1.38 bits per heavy atom. The molecule has 0 aliphatic heterocycles. The van der Waals surface area contributed by atoms with Crippen LogP contribution in [0.3, 0.4) is 0 Å². The molecule has 0 fully saturated rings.